The number of amides is 1. The lowest BCUT2D eigenvalue weighted by atomic mass is 10.1. The first-order chi connectivity index (χ1) is 10.9. The van der Waals surface area contributed by atoms with Crippen molar-refractivity contribution >= 4 is 17.6 Å². The quantitative estimate of drug-likeness (QED) is 0.792. The monoisotopic (exact) mass is 320 g/mol. The molecule has 0 atom stereocenters. The lowest BCUT2D eigenvalue weighted by Gasteiger charge is -2.20. The Kier molecular flexibility index (Phi) is 5.10. The molecule has 2 aromatic rings. The van der Waals surface area contributed by atoms with E-state index in [-0.39, 0.29) is 23.8 Å². The van der Waals surface area contributed by atoms with Crippen molar-refractivity contribution in [2.24, 2.45) is 0 Å². The SMILES string of the molecule is COC(=O)CN(C(=O)c1cc(C(C)C)on1)c1cccc(F)c1. The van der Waals surface area contributed by atoms with Gasteiger partial charge in [0.25, 0.3) is 5.91 Å². The summed E-state index contributed by atoms with van der Waals surface area (Å²) < 4.78 is 23.1. The highest BCUT2D eigenvalue weighted by atomic mass is 19.1. The summed E-state index contributed by atoms with van der Waals surface area (Å²) in [6.07, 6.45) is 0. The molecule has 1 amide bonds. The minimum atomic E-state index is -0.629. The first-order valence-electron chi connectivity index (χ1n) is 7.03. The van der Waals surface area contributed by atoms with E-state index in [0.29, 0.717) is 5.76 Å². The Hall–Kier alpha value is -2.70. The minimum absolute atomic E-state index is 0.0434. The van der Waals surface area contributed by atoms with Gasteiger partial charge in [-0.15, -0.1) is 0 Å². The molecule has 1 aromatic heterocycles. The summed E-state index contributed by atoms with van der Waals surface area (Å²) in [6, 6.07) is 6.88. The van der Waals surface area contributed by atoms with E-state index in [9.17, 15) is 14.0 Å². The lowest BCUT2D eigenvalue weighted by molar-refractivity contribution is -0.138. The number of methoxy groups -OCH3 is 1. The molecule has 0 aliphatic carbocycles. The van der Waals surface area contributed by atoms with E-state index in [4.69, 9.17) is 4.52 Å². The van der Waals surface area contributed by atoms with Crippen LogP contribution in [0.1, 0.15) is 36.0 Å². The lowest BCUT2D eigenvalue weighted by Crippen LogP contribution is -2.36. The number of esters is 1. The van der Waals surface area contributed by atoms with Crippen LogP contribution in [0.5, 0.6) is 0 Å². The van der Waals surface area contributed by atoms with Gasteiger partial charge in [0, 0.05) is 17.7 Å². The maximum atomic E-state index is 13.4. The van der Waals surface area contributed by atoms with Gasteiger partial charge in [0.05, 0.1) is 7.11 Å². The van der Waals surface area contributed by atoms with E-state index < -0.39 is 17.7 Å². The second kappa shape index (κ2) is 7.04. The number of hydrogen-bond acceptors (Lipinski definition) is 5. The third-order valence-electron chi connectivity index (χ3n) is 3.20. The maximum Gasteiger partial charge on any atom is 0.325 e. The Labute approximate surface area is 132 Å². The predicted octanol–water partition coefficient (Wildman–Crippen LogP) is 2.76. The standard InChI is InChI=1S/C16H17FN2O4/c1-10(2)14-8-13(18-23-14)16(21)19(9-15(20)22-3)12-6-4-5-11(17)7-12/h4-8,10H,9H2,1-3H3. The predicted molar refractivity (Wildman–Crippen MR) is 80.7 cm³/mol. The minimum Gasteiger partial charge on any atom is -0.468 e. The van der Waals surface area contributed by atoms with Crippen LogP contribution < -0.4 is 4.90 Å². The average molecular weight is 320 g/mol. The molecule has 0 N–H and O–H groups in total. The van der Waals surface area contributed by atoms with Crippen molar-refractivity contribution in [2.75, 3.05) is 18.6 Å². The fourth-order valence-electron chi connectivity index (χ4n) is 1.92. The van der Waals surface area contributed by atoms with Crippen LogP contribution in [-0.2, 0) is 9.53 Å². The molecule has 23 heavy (non-hydrogen) atoms. The van der Waals surface area contributed by atoms with Gasteiger partial charge in [-0.2, -0.15) is 0 Å². The molecule has 0 saturated heterocycles. The van der Waals surface area contributed by atoms with Gasteiger partial charge in [-0.05, 0) is 18.2 Å². The fourth-order valence-corrected chi connectivity index (χ4v) is 1.92. The van der Waals surface area contributed by atoms with Gasteiger partial charge >= 0.3 is 5.97 Å². The number of nitrogens with zero attached hydrogens (tertiary/aromatic N) is 2. The van der Waals surface area contributed by atoms with Crippen molar-refractivity contribution in [3.63, 3.8) is 0 Å². The summed E-state index contributed by atoms with van der Waals surface area (Å²) in [7, 11) is 1.21. The Bertz CT molecular complexity index is 712. The highest BCUT2D eigenvalue weighted by Crippen LogP contribution is 2.21. The zero-order valence-electron chi connectivity index (χ0n) is 13.1. The number of aromatic nitrogens is 1. The molecule has 6 nitrogen and oxygen atoms in total. The number of hydrogen-bond donors (Lipinski definition) is 0. The summed E-state index contributed by atoms with van der Waals surface area (Å²) in [5.41, 5.74) is 0.274. The van der Waals surface area contributed by atoms with Gasteiger partial charge in [-0.1, -0.05) is 25.1 Å². The highest BCUT2D eigenvalue weighted by Gasteiger charge is 2.25. The zero-order chi connectivity index (χ0) is 17.0. The molecule has 0 spiro atoms. The zero-order valence-corrected chi connectivity index (χ0v) is 13.1. The van der Waals surface area contributed by atoms with E-state index in [0.717, 1.165) is 11.0 Å². The number of carbonyl (C=O) groups is 2. The normalized spacial score (nSPS) is 10.7. The summed E-state index contributed by atoms with van der Waals surface area (Å²) in [5.74, 6) is -1.11. The van der Waals surface area contributed by atoms with Crippen LogP contribution >= 0.6 is 0 Å². The third kappa shape index (κ3) is 3.94. The van der Waals surface area contributed by atoms with E-state index in [1.54, 1.807) is 0 Å². The van der Waals surface area contributed by atoms with Crippen LogP contribution in [0, 0.1) is 5.82 Å². The van der Waals surface area contributed by atoms with Crippen LogP contribution in [0.4, 0.5) is 10.1 Å². The van der Waals surface area contributed by atoms with Gasteiger partial charge in [0.15, 0.2) is 5.69 Å². The fraction of sp³-hybridized carbons (Fsp3) is 0.312. The molecular formula is C16H17FN2O4. The third-order valence-corrected chi connectivity index (χ3v) is 3.20. The molecule has 0 unspecified atom stereocenters. The van der Waals surface area contributed by atoms with Crippen LogP contribution in [0.2, 0.25) is 0 Å². The van der Waals surface area contributed by atoms with Crippen molar-refractivity contribution in [3.05, 3.63) is 47.6 Å². The molecule has 0 aliphatic heterocycles. The average Bonchev–Trinajstić information content (AvgIpc) is 3.02. The summed E-state index contributed by atoms with van der Waals surface area (Å²) in [5, 5.41) is 3.73. The van der Waals surface area contributed by atoms with Crippen LogP contribution in [0.15, 0.2) is 34.9 Å². The smallest absolute Gasteiger partial charge is 0.325 e. The highest BCUT2D eigenvalue weighted by molar-refractivity contribution is 6.07. The number of ether oxygens (including phenoxy) is 1. The van der Waals surface area contributed by atoms with Crippen molar-refractivity contribution in [1.82, 2.24) is 5.16 Å². The molecular weight excluding hydrogens is 303 g/mol. The first-order valence-corrected chi connectivity index (χ1v) is 7.03. The topological polar surface area (TPSA) is 72.6 Å². The molecule has 0 fully saturated rings. The second-order valence-corrected chi connectivity index (χ2v) is 5.22. The number of rotatable bonds is 5. The van der Waals surface area contributed by atoms with Crippen molar-refractivity contribution in [1.29, 1.82) is 0 Å². The molecule has 0 radical (unpaired) electrons. The molecule has 0 bridgehead atoms. The van der Waals surface area contributed by atoms with Gasteiger partial charge in [0.2, 0.25) is 0 Å². The summed E-state index contributed by atoms with van der Waals surface area (Å²) in [4.78, 5) is 25.3. The molecule has 0 aliphatic rings. The maximum absolute atomic E-state index is 13.4. The Balaban J connectivity index is 2.35. The Morgan fingerprint density at radius 2 is 2.09 bits per heavy atom. The van der Waals surface area contributed by atoms with E-state index in [1.165, 1.54) is 31.4 Å². The van der Waals surface area contributed by atoms with Gasteiger partial charge in [0.1, 0.15) is 18.1 Å². The van der Waals surface area contributed by atoms with Crippen LogP contribution in [0.25, 0.3) is 0 Å². The summed E-state index contributed by atoms with van der Waals surface area (Å²) in [6.45, 7) is 3.43. The van der Waals surface area contributed by atoms with Crippen molar-refractivity contribution in [2.45, 2.75) is 19.8 Å². The largest absolute Gasteiger partial charge is 0.468 e. The number of benzene rings is 1. The molecule has 122 valence electrons. The second-order valence-electron chi connectivity index (χ2n) is 5.22. The Morgan fingerprint density at radius 1 is 1.35 bits per heavy atom. The van der Waals surface area contributed by atoms with Crippen molar-refractivity contribution < 1.29 is 23.2 Å². The van der Waals surface area contributed by atoms with E-state index >= 15 is 0 Å². The van der Waals surface area contributed by atoms with Gasteiger partial charge in [-0.3, -0.25) is 14.5 Å². The number of halogens is 1. The molecule has 0 saturated carbocycles. The molecule has 1 aromatic carbocycles. The Morgan fingerprint density at radius 3 is 2.65 bits per heavy atom. The van der Waals surface area contributed by atoms with Gasteiger partial charge < -0.3 is 9.26 Å². The number of carbonyl (C=O) groups excluding carboxylic acids is 2. The van der Waals surface area contributed by atoms with E-state index in [2.05, 4.69) is 9.89 Å². The molecule has 1 heterocycles. The van der Waals surface area contributed by atoms with Crippen LogP contribution in [-0.4, -0.2) is 30.7 Å². The molecule has 7 heteroatoms. The number of anilines is 1. The van der Waals surface area contributed by atoms with Gasteiger partial charge in [-0.25, -0.2) is 4.39 Å². The van der Waals surface area contributed by atoms with Crippen molar-refractivity contribution in [3.8, 4) is 0 Å². The first kappa shape index (κ1) is 16.7. The van der Waals surface area contributed by atoms with Crippen LogP contribution in [0.3, 0.4) is 0 Å². The molecule has 2 rings (SSSR count). The van der Waals surface area contributed by atoms with E-state index in [1.807, 2.05) is 13.8 Å². The summed E-state index contributed by atoms with van der Waals surface area (Å²) >= 11 is 0.